The van der Waals surface area contributed by atoms with Gasteiger partial charge in [0.25, 0.3) is 0 Å². The molecule has 2 rings (SSSR count). The highest BCUT2D eigenvalue weighted by atomic mass is 15.1. The Balaban J connectivity index is 1.95. The molecule has 0 aromatic carbocycles. The summed E-state index contributed by atoms with van der Waals surface area (Å²) in [7, 11) is 2.13. The first-order chi connectivity index (χ1) is 9.17. The Kier molecular flexibility index (Phi) is 5.70. The number of piperidine rings is 1. The number of nitrogens with zero attached hydrogens (tertiary/aromatic N) is 1. The molecule has 2 fully saturated rings. The average molecular weight is 266 g/mol. The molecule has 2 heteroatoms. The predicted molar refractivity (Wildman–Crippen MR) is 83.4 cm³/mol. The largest absolute Gasteiger partial charge is 0.319 e. The minimum Gasteiger partial charge on any atom is -0.319 e. The van der Waals surface area contributed by atoms with Crippen LogP contribution in [0.5, 0.6) is 0 Å². The molecule has 0 amide bonds. The van der Waals surface area contributed by atoms with E-state index < -0.39 is 0 Å². The Morgan fingerprint density at radius 1 is 1.26 bits per heavy atom. The molecule has 2 nitrogen and oxygen atoms in total. The number of likely N-dealkylation sites (tertiary alicyclic amines) is 1. The molecule has 19 heavy (non-hydrogen) atoms. The molecule has 3 atom stereocenters. The number of hydrogen-bond donors (Lipinski definition) is 1. The average Bonchev–Trinajstić information content (AvgIpc) is 2.39. The van der Waals surface area contributed by atoms with Crippen molar-refractivity contribution in [3.8, 4) is 0 Å². The lowest BCUT2D eigenvalue weighted by molar-refractivity contribution is 0.0577. The normalized spacial score (nSPS) is 37.4. The van der Waals surface area contributed by atoms with Crippen LogP contribution < -0.4 is 5.32 Å². The Bertz CT molecular complexity index is 262. The highest BCUT2D eigenvalue weighted by molar-refractivity contribution is 4.90. The van der Waals surface area contributed by atoms with Gasteiger partial charge < -0.3 is 10.2 Å². The molecule has 0 aromatic rings. The minimum absolute atomic E-state index is 0.558. The highest BCUT2D eigenvalue weighted by Crippen LogP contribution is 2.40. The third kappa shape index (κ3) is 4.19. The van der Waals surface area contributed by atoms with Crippen molar-refractivity contribution < 1.29 is 0 Å². The lowest BCUT2D eigenvalue weighted by Gasteiger charge is -2.45. The molecule has 3 unspecified atom stereocenters. The first-order valence-corrected chi connectivity index (χ1v) is 8.54. The second-order valence-electron chi connectivity index (χ2n) is 7.38. The molecule has 2 aliphatic rings. The molecular weight excluding hydrogens is 232 g/mol. The third-order valence-electron chi connectivity index (χ3n) is 5.48. The van der Waals surface area contributed by atoms with E-state index in [1.165, 1.54) is 71.1 Å². The zero-order valence-corrected chi connectivity index (χ0v) is 13.4. The maximum Gasteiger partial charge on any atom is 0.00504 e. The minimum atomic E-state index is 0.558. The summed E-state index contributed by atoms with van der Waals surface area (Å²) in [5.74, 6) is 1.88. The summed E-state index contributed by atoms with van der Waals surface area (Å²) in [6.45, 7) is 10.1. The summed E-state index contributed by atoms with van der Waals surface area (Å²) in [6, 6.07) is 0. The molecule has 0 bridgehead atoms. The van der Waals surface area contributed by atoms with Crippen LogP contribution >= 0.6 is 0 Å². The van der Waals surface area contributed by atoms with Crippen LogP contribution in [0, 0.1) is 17.3 Å². The van der Waals surface area contributed by atoms with Crippen LogP contribution in [0.25, 0.3) is 0 Å². The van der Waals surface area contributed by atoms with Gasteiger partial charge in [-0.15, -0.1) is 0 Å². The highest BCUT2D eigenvalue weighted by Gasteiger charge is 2.36. The van der Waals surface area contributed by atoms with E-state index >= 15 is 0 Å². The second kappa shape index (κ2) is 7.08. The van der Waals surface area contributed by atoms with Gasteiger partial charge in [-0.2, -0.15) is 0 Å². The molecular formula is C17H34N2. The van der Waals surface area contributed by atoms with E-state index in [2.05, 4.69) is 31.1 Å². The van der Waals surface area contributed by atoms with E-state index in [4.69, 9.17) is 0 Å². The molecule has 0 spiro atoms. The summed E-state index contributed by atoms with van der Waals surface area (Å²) in [6.07, 6.45) is 10.0. The van der Waals surface area contributed by atoms with Gasteiger partial charge in [-0.3, -0.25) is 0 Å². The van der Waals surface area contributed by atoms with Gasteiger partial charge in [0, 0.05) is 19.6 Å². The maximum atomic E-state index is 3.49. The van der Waals surface area contributed by atoms with Crippen LogP contribution in [-0.2, 0) is 0 Å². The van der Waals surface area contributed by atoms with Crippen molar-refractivity contribution in [1.29, 1.82) is 0 Å². The summed E-state index contributed by atoms with van der Waals surface area (Å²) in [4.78, 5) is 2.78. The van der Waals surface area contributed by atoms with Gasteiger partial charge in [0.1, 0.15) is 0 Å². The Morgan fingerprint density at radius 2 is 2.11 bits per heavy atom. The summed E-state index contributed by atoms with van der Waals surface area (Å²) >= 11 is 0. The lowest BCUT2D eigenvalue weighted by atomic mass is 9.69. The van der Waals surface area contributed by atoms with Gasteiger partial charge in [0.05, 0.1) is 0 Å². The van der Waals surface area contributed by atoms with Crippen LogP contribution in [0.3, 0.4) is 0 Å². The zero-order valence-electron chi connectivity index (χ0n) is 13.4. The predicted octanol–water partition coefficient (Wildman–Crippen LogP) is 3.52. The van der Waals surface area contributed by atoms with E-state index in [0.29, 0.717) is 5.41 Å². The van der Waals surface area contributed by atoms with E-state index in [0.717, 1.165) is 11.8 Å². The summed E-state index contributed by atoms with van der Waals surface area (Å²) in [5.41, 5.74) is 0.558. The fraction of sp³-hybridized carbons (Fsp3) is 1.00. The fourth-order valence-corrected chi connectivity index (χ4v) is 4.61. The second-order valence-corrected chi connectivity index (χ2v) is 7.38. The van der Waals surface area contributed by atoms with Gasteiger partial charge in [-0.1, -0.05) is 33.1 Å². The van der Waals surface area contributed by atoms with Crippen LogP contribution in [-0.4, -0.2) is 38.1 Å². The smallest absolute Gasteiger partial charge is 0.00504 e. The Morgan fingerprint density at radius 3 is 2.79 bits per heavy atom. The fourth-order valence-electron chi connectivity index (χ4n) is 4.61. The van der Waals surface area contributed by atoms with Gasteiger partial charge in [0.2, 0.25) is 0 Å². The number of rotatable bonds is 5. The van der Waals surface area contributed by atoms with Crippen molar-refractivity contribution >= 4 is 0 Å². The van der Waals surface area contributed by atoms with Crippen molar-refractivity contribution in [3.05, 3.63) is 0 Å². The molecule has 1 N–H and O–H groups in total. The van der Waals surface area contributed by atoms with E-state index in [1.54, 1.807) is 0 Å². The third-order valence-corrected chi connectivity index (χ3v) is 5.48. The van der Waals surface area contributed by atoms with Crippen LogP contribution in [0.2, 0.25) is 0 Å². The first-order valence-electron chi connectivity index (χ1n) is 8.54. The molecule has 1 saturated carbocycles. The molecule has 1 aliphatic heterocycles. The van der Waals surface area contributed by atoms with Gasteiger partial charge in [-0.25, -0.2) is 0 Å². The van der Waals surface area contributed by atoms with Gasteiger partial charge >= 0.3 is 0 Å². The van der Waals surface area contributed by atoms with E-state index in [9.17, 15) is 0 Å². The first kappa shape index (κ1) is 15.3. The number of nitrogens with one attached hydrogen (secondary N) is 1. The molecule has 0 aromatic heterocycles. The maximum absolute atomic E-state index is 3.49. The topological polar surface area (TPSA) is 15.3 Å². The Labute approximate surface area is 120 Å². The van der Waals surface area contributed by atoms with E-state index in [1.807, 2.05) is 0 Å². The molecule has 112 valence electrons. The SMILES string of the molecule is CCC1CCCN(CC2(CNC)CCCC(C)C2)C1. The zero-order chi connectivity index (χ0) is 13.7. The van der Waals surface area contributed by atoms with Crippen molar-refractivity contribution in [2.24, 2.45) is 17.3 Å². The molecule has 0 radical (unpaired) electrons. The quantitative estimate of drug-likeness (QED) is 0.819. The summed E-state index contributed by atoms with van der Waals surface area (Å²) < 4.78 is 0. The van der Waals surface area contributed by atoms with Gasteiger partial charge in [0.15, 0.2) is 0 Å². The van der Waals surface area contributed by atoms with Crippen molar-refractivity contribution in [2.45, 2.75) is 58.8 Å². The van der Waals surface area contributed by atoms with Crippen molar-refractivity contribution in [2.75, 3.05) is 33.2 Å². The van der Waals surface area contributed by atoms with Gasteiger partial charge in [-0.05, 0) is 56.5 Å². The summed E-state index contributed by atoms with van der Waals surface area (Å²) in [5, 5.41) is 3.49. The molecule has 1 heterocycles. The van der Waals surface area contributed by atoms with E-state index in [-0.39, 0.29) is 0 Å². The van der Waals surface area contributed by atoms with Crippen LogP contribution in [0.1, 0.15) is 58.8 Å². The van der Waals surface area contributed by atoms with Crippen LogP contribution in [0.4, 0.5) is 0 Å². The Hall–Kier alpha value is -0.0800. The van der Waals surface area contributed by atoms with Crippen molar-refractivity contribution in [1.82, 2.24) is 10.2 Å². The standard InChI is InChI=1S/C17H34N2/c1-4-16-8-6-10-19(12-16)14-17(13-18-3)9-5-7-15(2)11-17/h15-16,18H,4-14H2,1-3H3. The lowest BCUT2D eigenvalue weighted by Crippen LogP contribution is -2.48. The number of hydrogen-bond acceptors (Lipinski definition) is 2. The van der Waals surface area contributed by atoms with Crippen molar-refractivity contribution in [3.63, 3.8) is 0 Å². The molecule has 1 saturated heterocycles. The van der Waals surface area contributed by atoms with Crippen LogP contribution in [0.15, 0.2) is 0 Å². The molecule has 1 aliphatic carbocycles. The monoisotopic (exact) mass is 266 g/mol.